The lowest BCUT2D eigenvalue weighted by Gasteiger charge is -2.23. The molecule has 0 bridgehead atoms. The Labute approximate surface area is 144 Å². The van der Waals surface area contributed by atoms with Crippen molar-refractivity contribution >= 4 is 11.9 Å². The average molecular weight is 328 g/mol. The number of nitrogens with zero attached hydrogens (tertiary/aromatic N) is 3. The standard InChI is InChI=1S/C18H28N6/c1-4-5-6-13-7-9-14(10-8-13)16(12(2)3)21-11-15-22-17(19)24-18(20)23-15/h7-10,12,16,21H,4-6,11H2,1-3H3,(H4,19,20,22,23,24)/t16-/m1/s1. The summed E-state index contributed by atoms with van der Waals surface area (Å²) in [6.07, 6.45) is 3.59. The van der Waals surface area contributed by atoms with Crippen LogP contribution < -0.4 is 16.8 Å². The summed E-state index contributed by atoms with van der Waals surface area (Å²) in [6.45, 7) is 7.10. The highest BCUT2D eigenvalue weighted by molar-refractivity contribution is 5.27. The van der Waals surface area contributed by atoms with Crippen molar-refractivity contribution in [3.05, 3.63) is 41.2 Å². The summed E-state index contributed by atoms with van der Waals surface area (Å²) in [5.74, 6) is 1.30. The van der Waals surface area contributed by atoms with Crippen molar-refractivity contribution in [3.8, 4) is 0 Å². The van der Waals surface area contributed by atoms with Crippen molar-refractivity contribution in [2.45, 2.75) is 52.6 Å². The Bertz CT molecular complexity index is 618. The van der Waals surface area contributed by atoms with E-state index in [2.05, 4.69) is 65.3 Å². The molecule has 0 fully saturated rings. The number of benzene rings is 1. The molecule has 1 heterocycles. The summed E-state index contributed by atoms with van der Waals surface area (Å²) in [7, 11) is 0. The number of nitrogen functional groups attached to an aromatic ring is 2. The number of hydrogen-bond acceptors (Lipinski definition) is 6. The van der Waals surface area contributed by atoms with Crippen LogP contribution in [0.5, 0.6) is 0 Å². The molecule has 0 saturated carbocycles. The minimum atomic E-state index is 0.153. The Morgan fingerprint density at radius 3 is 2.17 bits per heavy atom. The van der Waals surface area contributed by atoms with Gasteiger partial charge < -0.3 is 16.8 Å². The first-order valence-corrected chi connectivity index (χ1v) is 8.57. The first-order valence-electron chi connectivity index (χ1n) is 8.57. The normalized spacial score (nSPS) is 12.5. The summed E-state index contributed by atoms with van der Waals surface area (Å²) in [5, 5.41) is 3.50. The predicted octanol–water partition coefficient (Wildman–Crippen LogP) is 2.87. The molecule has 0 aliphatic carbocycles. The molecule has 24 heavy (non-hydrogen) atoms. The zero-order valence-corrected chi connectivity index (χ0v) is 14.8. The zero-order chi connectivity index (χ0) is 17.5. The molecule has 6 nitrogen and oxygen atoms in total. The van der Waals surface area contributed by atoms with Gasteiger partial charge in [-0.05, 0) is 29.9 Å². The second-order valence-electron chi connectivity index (χ2n) is 6.42. The Balaban J connectivity index is 2.06. The van der Waals surface area contributed by atoms with Crippen molar-refractivity contribution in [2.75, 3.05) is 11.5 Å². The number of nitrogens with two attached hydrogens (primary N) is 2. The summed E-state index contributed by atoms with van der Waals surface area (Å²) >= 11 is 0. The van der Waals surface area contributed by atoms with Gasteiger partial charge in [-0.1, -0.05) is 51.5 Å². The molecule has 1 atom stereocenters. The fraction of sp³-hybridized carbons (Fsp3) is 0.500. The Hall–Kier alpha value is -2.21. The molecule has 5 N–H and O–H groups in total. The third-order valence-electron chi connectivity index (χ3n) is 4.02. The zero-order valence-electron chi connectivity index (χ0n) is 14.8. The van der Waals surface area contributed by atoms with E-state index in [1.54, 1.807) is 0 Å². The predicted molar refractivity (Wildman–Crippen MR) is 98.1 cm³/mol. The summed E-state index contributed by atoms with van der Waals surface area (Å²) in [4.78, 5) is 12.0. The van der Waals surface area contributed by atoms with Crippen molar-refractivity contribution in [1.82, 2.24) is 20.3 Å². The van der Waals surface area contributed by atoms with Gasteiger partial charge >= 0.3 is 0 Å². The number of rotatable bonds is 8. The highest BCUT2D eigenvalue weighted by Crippen LogP contribution is 2.23. The number of unbranched alkanes of at least 4 members (excludes halogenated alkanes) is 1. The van der Waals surface area contributed by atoms with Crippen molar-refractivity contribution in [2.24, 2.45) is 5.92 Å². The highest BCUT2D eigenvalue weighted by atomic mass is 15.2. The molecule has 0 amide bonds. The molecular formula is C18H28N6. The van der Waals surface area contributed by atoms with Gasteiger partial charge in [0, 0.05) is 6.04 Å². The quantitative estimate of drug-likeness (QED) is 0.688. The fourth-order valence-corrected chi connectivity index (χ4v) is 2.75. The lowest BCUT2D eigenvalue weighted by molar-refractivity contribution is 0.406. The van der Waals surface area contributed by atoms with Crippen molar-refractivity contribution < 1.29 is 0 Å². The molecule has 0 unspecified atom stereocenters. The topological polar surface area (TPSA) is 103 Å². The maximum atomic E-state index is 5.62. The lowest BCUT2D eigenvalue weighted by atomic mass is 9.94. The molecule has 1 aromatic carbocycles. The first-order chi connectivity index (χ1) is 11.5. The van der Waals surface area contributed by atoms with Crippen LogP contribution in [0.3, 0.4) is 0 Å². The van der Waals surface area contributed by atoms with Crippen LogP contribution in [0.25, 0.3) is 0 Å². The molecule has 0 aliphatic heterocycles. The minimum Gasteiger partial charge on any atom is -0.368 e. The van der Waals surface area contributed by atoms with Crippen LogP contribution in [0, 0.1) is 5.92 Å². The highest BCUT2D eigenvalue weighted by Gasteiger charge is 2.16. The van der Waals surface area contributed by atoms with Crippen LogP contribution in [0.2, 0.25) is 0 Å². The molecule has 0 aliphatic rings. The van der Waals surface area contributed by atoms with Crippen molar-refractivity contribution in [3.63, 3.8) is 0 Å². The Morgan fingerprint density at radius 1 is 1.00 bits per heavy atom. The van der Waals surface area contributed by atoms with Crippen LogP contribution in [-0.2, 0) is 13.0 Å². The van der Waals surface area contributed by atoms with Gasteiger partial charge in [0.25, 0.3) is 0 Å². The van der Waals surface area contributed by atoms with E-state index in [1.165, 1.54) is 24.0 Å². The molecule has 130 valence electrons. The van der Waals surface area contributed by atoms with Gasteiger partial charge in [0.2, 0.25) is 11.9 Å². The second-order valence-corrected chi connectivity index (χ2v) is 6.42. The number of hydrogen-bond donors (Lipinski definition) is 3. The third-order valence-corrected chi connectivity index (χ3v) is 4.02. The molecule has 1 aromatic heterocycles. The van der Waals surface area contributed by atoms with Crippen LogP contribution in [0.15, 0.2) is 24.3 Å². The van der Waals surface area contributed by atoms with Gasteiger partial charge in [0.05, 0.1) is 6.54 Å². The first kappa shape index (κ1) is 18.1. The minimum absolute atomic E-state index is 0.153. The second kappa shape index (κ2) is 8.59. The number of aromatic nitrogens is 3. The summed E-state index contributed by atoms with van der Waals surface area (Å²) in [5.41, 5.74) is 13.9. The van der Waals surface area contributed by atoms with E-state index in [1.807, 2.05) is 0 Å². The van der Waals surface area contributed by atoms with Gasteiger partial charge in [-0.3, -0.25) is 0 Å². The third kappa shape index (κ3) is 5.16. The molecule has 0 saturated heterocycles. The molecule has 0 radical (unpaired) electrons. The van der Waals surface area contributed by atoms with Gasteiger partial charge in [0.1, 0.15) is 5.82 Å². The van der Waals surface area contributed by atoms with Crippen LogP contribution in [0.4, 0.5) is 11.9 Å². The number of aryl methyl sites for hydroxylation is 1. The van der Waals surface area contributed by atoms with E-state index in [0.717, 1.165) is 6.42 Å². The van der Waals surface area contributed by atoms with Gasteiger partial charge in [-0.15, -0.1) is 0 Å². The fourth-order valence-electron chi connectivity index (χ4n) is 2.75. The Morgan fingerprint density at radius 2 is 1.62 bits per heavy atom. The van der Waals surface area contributed by atoms with Gasteiger partial charge in [-0.25, -0.2) is 0 Å². The largest absolute Gasteiger partial charge is 0.368 e. The van der Waals surface area contributed by atoms with E-state index in [-0.39, 0.29) is 17.9 Å². The monoisotopic (exact) mass is 328 g/mol. The van der Waals surface area contributed by atoms with Crippen LogP contribution in [-0.4, -0.2) is 15.0 Å². The average Bonchev–Trinajstić information content (AvgIpc) is 2.53. The lowest BCUT2D eigenvalue weighted by Crippen LogP contribution is -2.26. The molecular weight excluding hydrogens is 300 g/mol. The molecule has 6 heteroatoms. The van der Waals surface area contributed by atoms with Crippen LogP contribution >= 0.6 is 0 Å². The summed E-state index contributed by atoms with van der Waals surface area (Å²) < 4.78 is 0. The SMILES string of the molecule is CCCCc1ccc([C@H](NCc2nc(N)nc(N)n2)C(C)C)cc1. The van der Waals surface area contributed by atoms with E-state index in [4.69, 9.17) is 11.5 Å². The maximum absolute atomic E-state index is 5.62. The van der Waals surface area contributed by atoms with Crippen LogP contribution in [0.1, 0.15) is 56.6 Å². The maximum Gasteiger partial charge on any atom is 0.225 e. The van der Waals surface area contributed by atoms with E-state index in [0.29, 0.717) is 18.3 Å². The van der Waals surface area contributed by atoms with Crippen molar-refractivity contribution in [1.29, 1.82) is 0 Å². The Kier molecular flexibility index (Phi) is 6.49. The number of nitrogens with one attached hydrogen (secondary N) is 1. The molecule has 2 aromatic rings. The smallest absolute Gasteiger partial charge is 0.225 e. The van der Waals surface area contributed by atoms with Gasteiger partial charge in [-0.2, -0.15) is 15.0 Å². The molecule has 0 spiro atoms. The molecule has 2 rings (SSSR count). The summed E-state index contributed by atoms with van der Waals surface area (Å²) in [6, 6.07) is 9.07. The van der Waals surface area contributed by atoms with E-state index < -0.39 is 0 Å². The van der Waals surface area contributed by atoms with E-state index in [9.17, 15) is 0 Å². The van der Waals surface area contributed by atoms with Gasteiger partial charge in [0.15, 0.2) is 0 Å². The van der Waals surface area contributed by atoms with E-state index >= 15 is 0 Å². The number of anilines is 2.